The molecule has 0 aromatic carbocycles. The highest BCUT2D eigenvalue weighted by Crippen LogP contribution is 2.24. The summed E-state index contributed by atoms with van der Waals surface area (Å²) in [6.07, 6.45) is 0.505. The van der Waals surface area contributed by atoms with E-state index in [2.05, 4.69) is 15.3 Å². The van der Waals surface area contributed by atoms with Gasteiger partial charge in [-0.25, -0.2) is 4.79 Å². The lowest BCUT2D eigenvalue weighted by Gasteiger charge is -2.11. The first-order valence-corrected chi connectivity index (χ1v) is 6.09. The van der Waals surface area contributed by atoms with Crippen LogP contribution in [0.5, 0.6) is 11.9 Å². The molecule has 1 aromatic heterocycles. The summed E-state index contributed by atoms with van der Waals surface area (Å²) in [5.41, 5.74) is -0.344. The Morgan fingerprint density at radius 1 is 1.62 bits per heavy atom. The number of hydrogen-bond donors (Lipinski definition) is 2. The number of methoxy groups -OCH3 is 1. The molecular weight excluding hydrogens is 284 g/mol. The summed E-state index contributed by atoms with van der Waals surface area (Å²) in [5.74, 6) is -0.105. The molecule has 21 heavy (non-hydrogen) atoms. The van der Waals surface area contributed by atoms with Gasteiger partial charge in [-0.15, -0.1) is 0 Å². The monoisotopic (exact) mass is 300 g/mol. The van der Waals surface area contributed by atoms with Crippen LogP contribution in [0.15, 0.2) is 6.20 Å². The zero-order valence-corrected chi connectivity index (χ0v) is 11.6. The molecule has 0 aliphatic rings. The summed E-state index contributed by atoms with van der Waals surface area (Å²) in [4.78, 5) is 27.8. The molecule has 0 saturated carbocycles. The maximum atomic E-state index is 10.7. The second-order valence-corrected chi connectivity index (χ2v) is 4.23. The van der Waals surface area contributed by atoms with Gasteiger partial charge in [-0.1, -0.05) is 6.92 Å². The molecular formula is C11H16N4O6. The maximum absolute atomic E-state index is 10.7. The lowest BCUT2D eigenvalue weighted by Crippen LogP contribution is -2.27. The van der Waals surface area contributed by atoms with Gasteiger partial charge in [-0.05, 0) is 12.3 Å². The zero-order chi connectivity index (χ0) is 15.8. The minimum atomic E-state index is -1.08. The summed E-state index contributed by atoms with van der Waals surface area (Å²) < 4.78 is 10.1. The van der Waals surface area contributed by atoms with Gasteiger partial charge in [-0.3, -0.25) is 10.1 Å². The van der Waals surface area contributed by atoms with E-state index in [1.165, 1.54) is 7.11 Å². The fourth-order valence-electron chi connectivity index (χ4n) is 1.40. The van der Waals surface area contributed by atoms with Crippen molar-refractivity contribution in [3.63, 3.8) is 0 Å². The van der Waals surface area contributed by atoms with Crippen molar-refractivity contribution in [3.8, 4) is 11.9 Å². The van der Waals surface area contributed by atoms with Crippen LogP contribution in [0.3, 0.4) is 0 Å². The topological polar surface area (TPSA) is 137 Å². The van der Waals surface area contributed by atoms with Gasteiger partial charge in [0.25, 0.3) is 5.88 Å². The van der Waals surface area contributed by atoms with Crippen molar-refractivity contribution in [2.24, 2.45) is 5.92 Å². The molecule has 1 atom stereocenters. The molecule has 0 radical (unpaired) electrons. The van der Waals surface area contributed by atoms with Crippen LogP contribution in [0, 0.1) is 16.0 Å². The number of ether oxygens (including phenoxy) is 2. The average Bonchev–Trinajstić information content (AvgIpc) is 2.44. The molecule has 1 amide bonds. The van der Waals surface area contributed by atoms with Crippen molar-refractivity contribution < 1.29 is 24.3 Å². The van der Waals surface area contributed by atoms with Gasteiger partial charge in [0.05, 0.1) is 18.6 Å². The summed E-state index contributed by atoms with van der Waals surface area (Å²) in [6.45, 7) is 2.42. The molecule has 10 heteroatoms. The van der Waals surface area contributed by atoms with E-state index >= 15 is 0 Å². The van der Waals surface area contributed by atoms with Crippen molar-refractivity contribution in [2.45, 2.75) is 13.3 Å². The second kappa shape index (κ2) is 7.82. The van der Waals surface area contributed by atoms with Crippen LogP contribution in [0.4, 0.5) is 10.5 Å². The Hall–Kier alpha value is -2.65. The number of nitrogens with one attached hydrogen (secondary N) is 1. The molecule has 0 aliphatic carbocycles. The Labute approximate surface area is 120 Å². The van der Waals surface area contributed by atoms with Crippen molar-refractivity contribution in [3.05, 3.63) is 16.3 Å². The summed E-state index contributed by atoms with van der Waals surface area (Å²) in [6, 6.07) is -0.0316. The van der Waals surface area contributed by atoms with Crippen molar-refractivity contribution in [1.29, 1.82) is 0 Å². The Kier molecular flexibility index (Phi) is 6.11. The molecule has 0 bridgehead atoms. The first kappa shape index (κ1) is 16.4. The van der Waals surface area contributed by atoms with Crippen LogP contribution in [-0.2, 0) is 0 Å². The first-order valence-electron chi connectivity index (χ1n) is 6.09. The smallest absolute Gasteiger partial charge is 0.404 e. The summed E-state index contributed by atoms with van der Waals surface area (Å²) in [7, 11) is 1.26. The number of amides is 1. The number of carboxylic acid groups (broad SMARTS) is 1. The molecule has 0 aliphatic heterocycles. The maximum Gasteiger partial charge on any atom is 0.404 e. The number of rotatable bonds is 8. The van der Waals surface area contributed by atoms with Crippen LogP contribution < -0.4 is 14.8 Å². The number of nitro groups is 1. The normalized spacial score (nSPS) is 11.5. The molecule has 116 valence electrons. The third kappa shape index (κ3) is 5.47. The predicted molar refractivity (Wildman–Crippen MR) is 70.5 cm³/mol. The second-order valence-electron chi connectivity index (χ2n) is 4.23. The Morgan fingerprint density at radius 2 is 2.33 bits per heavy atom. The van der Waals surface area contributed by atoms with Crippen LogP contribution in [-0.4, -0.2) is 46.4 Å². The number of carbonyl (C=O) groups is 1. The molecule has 1 unspecified atom stereocenters. The largest absolute Gasteiger partial charge is 0.476 e. The molecule has 0 spiro atoms. The van der Waals surface area contributed by atoms with Gasteiger partial charge in [0.2, 0.25) is 0 Å². The molecule has 2 N–H and O–H groups in total. The standard InChI is InChI=1S/C11H16N4O6/c1-7(5-13-11(16)17)3-4-21-10-12-6-8(15(18)19)9(14-10)20-2/h6-7,13H,3-5H2,1-2H3,(H,16,17). The third-order valence-corrected chi connectivity index (χ3v) is 2.55. The van der Waals surface area contributed by atoms with Gasteiger partial charge >= 0.3 is 17.8 Å². The van der Waals surface area contributed by atoms with E-state index in [-0.39, 0.29) is 30.1 Å². The summed E-state index contributed by atoms with van der Waals surface area (Å²) in [5, 5.41) is 21.4. The SMILES string of the molecule is COc1nc(OCCC(C)CNC(=O)O)ncc1[N+](=O)[O-]. The van der Waals surface area contributed by atoms with Gasteiger partial charge < -0.3 is 19.9 Å². The molecule has 1 heterocycles. The molecule has 0 fully saturated rings. The fourth-order valence-corrected chi connectivity index (χ4v) is 1.40. The minimum absolute atomic E-state index is 0.0316. The van der Waals surface area contributed by atoms with Crippen molar-refractivity contribution >= 4 is 11.8 Å². The molecule has 1 aromatic rings. The Morgan fingerprint density at radius 3 is 2.90 bits per heavy atom. The minimum Gasteiger partial charge on any atom is -0.476 e. The van der Waals surface area contributed by atoms with Crippen LogP contribution >= 0.6 is 0 Å². The lowest BCUT2D eigenvalue weighted by molar-refractivity contribution is -0.386. The van der Waals surface area contributed by atoms with E-state index in [0.29, 0.717) is 13.0 Å². The van der Waals surface area contributed by atoms with Crippen molar-refractivity contribution in [1.82, 2.24) is 15.3 Å². The first-order chi connectivity index (χ1) is 9.93. The molecule has 10 nitrogen and oxygen atoms in total. The highest BCUT2D eigenvalue weighted by molar-refractivity contribution is 5.64. The highest BCUT2D eigenvalue weighted by atomic mass is 16.6. The quantitative estimate of drug-likeness (QED) is 0.537. The molecule has 1 rings (SSSR count). The van der Waals surface area contributed by atoms with Gasteiger partial charge in [0.1, 0.15) is 6.20 Å². The Bertz CT molecular complexity index is 509. The van der Waals surface area contributed by atoms with Gasteiger partial charge in [0, 0.05) is 6.54 Å². The van der Waals surface area contributed by atoms with E-state index in [9.17, 15) is 14.9 Å². The number of nitrogens with zero attached hydrogens (tertiary/aromatic N) is 3. The van der Waals surface area contributed by atoms with E-state index < -0.39 is 11.0 Å². The highest BCUT2D eigenvalue weighted by Gasteiger charge is 2.18. The number of aromatic nitrogens is 2. The zero-order valence-electron chi connectivity index (χ0n) is 11.6. The van der Waals surface area contributed by atoms with Gasteiger partial charge in [0.15, 0.2) is 0 Å². The predicted octanol–water partition coefficient (Wildman–Crippen LogP) is 1.07. The third-order valence-electron chi connectivity index (χ3n) is 2.55. The van der Waals surface area contributed by atoms with Gasteiger partial charge in [-0.2, -0.15) is 9.97 Å². The fraction of sp³-hybridized carbons (Fsp3) is 0.545. The summed E-state index contributed by atoms with van der Waals surface area (Å²) >= 11 is 0. The van der Waals surface area contributed by atoms with Crippen molar-refractivity contribution in [2.75, 3.05) is 20.3 Å². The molecule has 0 saturated heterocycles. The average molecular weight is 300 g/mol. The van der Waals surface area contributed by atoms with E-state index in [1.807, 2.05) is 6.92 Å². The van der Waals surface area contributed by atoms with Crippen LogP contribution in [0.25, 0.3) is 0 Å². The van der Waals surface area contributed by atoms with Crippen LogP contribution in [0.2, 0.25) is 0 Å². The van der Waals surface area contributed by atoms with E-state index in [4.69, 9.17) is 14.6 Å². The lowest BCUT2D eigenvalue weighted by atomic mass is 10.1. The number of hydrogen-bond acceptors (Lipinski definition) is 7. The van der Waals surface area contributed by atoms with E-state index in [1.54, 1.807) is 0 Å². The Balaban J connectivity index is 2.49. The van der Waals surface area contributed by atoms with Crippen LogP contribution in [0.1, 0.15) is 13.3 Å². The van der Waals surface area contributed by atoms with E-state index in [0.717, 1.165) is 6.20 Å².